The number of carbonyl (C=O) groups excluding carboxylic acids is 3. The Morgan fingerprint density at radius 1 is 0.851 bits per heavy atom. The van der Waals surface area contributed by atoms with Gasteiger partial charge in [0.15, 0.2) is 5.82 Å². The SMILES string of the molecule is O=C(CCSC(F)(F)F)Nc1c(F)ccc(NC(=O)c2cc(NC(=O)C3[C@H](c4ccc(F)c(C(F)(F)F)c4)C3(Cl)Cl)ccc2Cl)c1F. The van der Waals surface area contributed by atoms with E-state index in [4.69, 9.17) is 34.8 Å². The highest BCUT2D eigenvalue weighted by atomic mass is 35.5. The summed E-state index contributed by atoms with van der Waals surface area (Å²) in [5, 5.41) is 6.11. The Morgan fingerprint density at radius 3 is 2.15 bits per heavy atom. The molecule has 0 spiro atoms. The summed E-state index contributed by atoms with van der Waals surface area (Å²) >= 11 is 18.0. The van der Waals surface area contributed by atoms with E-state index in [0.29, 0.717) is 18.2 Å². The van der Waals surface area contributed by atoms with Crippen LogP contribution in [0.15, 0.2) is 48.5 Å². The van der Waals surface area contributed by atoms with Crippen LogP contribution in [-0.2, 0) is 15.8 Å². The van der Waals surface area contributed by atoms with Gasteiger partial charge in [0.1, 0.15) is 21.7 Å². The normalized spacial score (nSPS) is 17.2. The number of amides is 3. The highest BCUT2D eigenvalue weighted by molar-refractivity contribution is 8.00. The molecule has 1 fully saturated rings. The minimum absolute atomic E-state index is 0.0846. The fourth-order valence-corrected chi connectivity index (χ4v) is 5.98. The van der Waals surface area contributed by atoms with E-state index in [1.165, 1.54) is 6.07 Å². The fourth-order valence-electron chi connectivity index (χ4n) is 4.43. The summed E-state index contributed by atoms with van der Waals surface area (Å²) in [7, 11) is 0. The molecule has 3 aromatic rings. The van der Waals surface area contributed by atoms with Crippen LogP contribution in [0.5, 0.6) is 0 Å². The van der Waals surface area contributed by atoms with E-state index in [2.05, 4.69) is 10.6 Å². The van der Waals surface area contributed by atoms with Gasteiger partial charge in [-0.1, -0.05) is 29.4 Å². The topological polar surface area (TPSA) is 87.3 Å². The predicted octanol–water partition coefficient (Wildman–Crippen LogP) is 9.14. The van der Waals surface area contributed by atoms with Gasteiger partial charge in [-0.2, -0.15) is 26.3 Å². The van der Waals surface area contributed by atoms with Crippen LogP contribution in [0.3, 0.4) is 0 Å². The number of carbonyl (C=O) groups is 3. The number of hydrogen-bond donors (Lipinski definition) is 3. The minimum Gasteiger partial charge on any atom is -0.326 e. The molecule has 1 aliphatic carbocycles. The fraction of sp³-hybridized carbons (Fsp3) is 0.250. The Balaban J connectivity index is 1.47. The second kappa shape index (κ2) is 13.6. The molecular formula is C28H17Cl3F9N3O3S. The second-order valence-corrected chi connectivity index (χ2v) is 12.9. The molecule has 0 heterocycles. The largest absolute Gasteiger partial charge is 0.441 e. The van der Waals surface area contributed by atoms with Crippen molar-refractivity contribution in [3.05, 3.63) is 87.7 Å². The van der Waals surface area contributed by atoms with E-state index in [-0.39, 0.29) is 21.8 Å². The maximum Gasteiger partial charge on any atom is 0.441 e. The van der Waals surface area contributed by atoms with Crippen LogP contribution in [0.2, 0.25) is 5.02 Å². The van der Waals surface area contributed by atoms with E-state index >= 15 is 4.39 Å². The number of hydrogen-bond acceptors (Lipinski definition) is 4. The first-order valence-electron chi connectivity index (χ1n) is 12.9. The summed E-state index contributed by atoms with van der Waals surface area (Å²) in [5.41, 5.74) is -8.48. The van der Waals surface area contributed by atoms with Crippen molar-refractivity contribution in [3.63, 3.8) is 0 Å². The maximum atomic E-state index is 15.0. The Bertz CT molecular complexity index is 1740. The van der Waals surface area contributed by atoms with E-state index in [1.54, 1.807) is 0 Å². The van der Waals surface area contributed by atoms with E-state index in [9.17, 15) is 49.5 Å². The number of rotatable bonds is 9. The standard InChI is InChI=1S/C28H17Cl3F9N3O3S/c29-15-3-2-12(41-25(46)21-20(26(21,30)31)11-1-4-16(32)14(9-11)27(35,36)37)10-13(15)24(45)42-18-6-5-17(33)23(22(18)34)43-19(44)7-8-47-28(38,39)40/h1-6,9-10,20-21H,7-8H2,(H,41,46)(H,42,45)(H,43,44)/t20-,21?/m0/s1. The molecule has 1 aliphatic rings. The summed E-state index contributed by atoms with van der Waals surface area (Å²) in [4.78, 5) is 37.9. The molecule has 0 aromatic heterocycles. The van der Waals surface area contributed by atoms with Gasteiger partial charge in [-0.15, -0.1) is 23.2 Å². The zero-order valence-corrected chi connectivity index (χ0v) is 25.9. The molecule has 3 aromatic carbocycles. The monoisotopic (exact) mass is 751 g/mol. The molecule has 2 atom stereocenters. The molecule has 47 heavy (non-hydrogen) atoms. The van der Waals surface area contributed by atoms with Gasteiger partial charge >= 0.3 is 11.7 Å². The number of thioether (sulfide) groups is 1. The van der Waals surface area contributed by atoms with Gasteiger partial charge in [0.2, 0.25) is 11.8 Å². The van der Waals surface area contributed by atoms with Crippen LogP contribution in [0.4, 0.5) is 56.6 Å². The van der Waals surface area contributed by atoms with Crippen molar-refractivity contribution in [2.24, 2.45) is 5.92 Å². The molecule has 0 saturated heterocycles. The highest BCUT2D eigenvalue weighted by Crippen LogP contribution is 2.65. The lowest BCUT2D eigenvalue weighted by molar-refractivity contribution is -0.140. The van der Waals surface area contributed by atoms with Gasteiger partial charge in [0.25, 0.3) is 5.91 Å². The predicted molar refractivity (Wildman–Crippen MR) is 158 cm³/mol. The zero-order valence-electron chi connectivity index (χ0n) is 22.9. The lowest BCUT2D eigenvalue weighted by Crippen LogP contribution is -2.19. The first kappa shape index (κ1) is 36.5. The van der Waals surface area contributed by atoms with Crippen molar-refractivity contribution in [1.29, 1.82) is 0 Å². The van der Waals surface area contributed by atoms with Crippen molar-refractivity contribution < 1.29 is 53.9 Å². The average molecular weight is 753 g/mol. The summed E-state index contributed by atoms with van der Waals surface area (Å²) in [6.45, 7) is 0. The first-order valence-corrected chi connectivity index (χ1v) is 15.0. The van der Waals surface area contributed by atoms with E-state index in [0.717, 1.165) is 24.3 Å². The molecular weight excluding hydrogens is 736 g/mol. The smallest absolute Gasteiger partial charge is 0.326 e. The van der Waals surface area contributed by atoms with Gasteiger partial charge < -0.3 is 16.0 Å². The van der Waals surface area contributed by atoms with Crippen LogP contribution in [-0.4, -0.2) is 33.3 Å². The molecule has 19 heteroatoms. The van der Waals surface area contributed by atoms with Crippen LogP contribution < -0.4 is 16.0 Å². The molecule has 252 valence electrons. The third-order valence-corrected chi connectivity index (χ3v) is 8.67. The summed E-state index contributed by atoms with van der Waals surface area (Å²) in [6.07, 6.45) is -5.76. The molecule has 4 rings (SSSR count). The van der Waals surface area contributed by atoms with Crippen molar-refractivity contribution in [1.82, 2.24) is 0 Å². The van der Waals surface area contributed by atoms with Gasteiger partial charge in [0, 0.05) is 23.8 Å². The zero-order chi connectivity index (χ0) is 35.1. The second-order valence-electron chi connectivity index (χ2n) is 9.88. The third-order valence-electron chi connectivity index (χ3n) is 6.67. The summed E-state index contributed by atoms with van der Waals surface area (Å²) in [5.74, 6) is -10.6. The Morgan fingerprint density at radius 2 is 1.51 bits per heavy atom. The van der Waals surface area contributed by atoms with E-state index in [1.807, 2.05) is 5.32 Å². The maximum absolute atomic E-state index is 15.0. The summed E-state index contributed by atoms with van der Waals surface area (Å²) in [6, 6.07) is 6.98. The lowest BCUT2D eigenvalue weighted by Gasteiger charge is -2.13. The number of anilines is 3. The van der Waals surface area contributed by atoms with Gasteiger partial charge in [0.05, 0.1) is 27.8 Å². The molecule has 3 N–H and O–H groups in total. The Kier molecular flexibility index (Phi) is 10.6. The molecule has 1 saturated carbocycles. The minimum atomic E-state index is -5.03. The highest BCUT2D eigenvalue weighted by Gasteiger charge is 2.67. The number of benzene rings is 3. The summed E-state index contributed by atoms with van der Waals surface area (Å²) < 4.78 is 118. The van der Waals surface area contributed by atoms with Gasteiger partial charge in [-0.25, -0.2) is 13.2 Å². The van der Waals surface area contributed by atoms with Crippen LogP contribution in [0, 0.1) is 23.4 Å². The van der Waals surface area contributed by atoms with Crippen LogP contribution in [0.25, 0.3) is 0 Å². The number of nitrogens with one attached hydrogen (secondary N) is 3. The van der Waals surface area contributed by atoms with Crippen molar-refractivity contribution in [2.75, 3.05) is 21.7 Å². The molecule has 6 nitrogen and oxygen atoms in total. The lowest BCUT2D eigenvalue weighted by atomic mass is 10.0. The van der Waals surface area contributed by atoms with Crippen LogP contribution in [0.1, 0.15) is 33.8 Å². The Hall–Kier alpha value is -3.34. The molecule has 1 unspecified atom stereocenters. The first-order chi connectivity index (χ1) is 21.7. The molecule has 0 aliphatic heterocycles. The Labute approximate surface area is 278 Å². The van der Waals surface area contributed by atoms with Crippen molar-refractivity contribution >= 4 is 81.3 Å². The molecule has 3 amide bonds. The molecule has 0 bridgehead atoms. The molecule has 0 radical (unpaired) electrons. The van der Waals surface area contributed by atoms with E-state index < -0.39 is 104 Å². The van der Waals surface area contributed by atoms with Crippen molar-refractivity contribution in [3.8, 4) is 0 Å². The van der Waals surface area contributed by atoms with Crippen LogP contribution >= 0.6 is 46.6 Å². The number of alkyl halides is 8. The van der Waals surface area contributed by atoms with Gasteiger partial charge in [-0.05, 0) is 48.0 Å². The van der Waals surface area contributed by atoms with Crippen molar-refractivity contribution in [2.45, 2.75) is 28.4 Å². The number of halogens is 12. The quantitative estimate of drug-likeness (QED) is 0.150. The third kappa shape index (κ3) is 8.58. The average Bonchev–Trinajstić information content (AvgIpc) is 3.54. The van der Waals surface area contributed by atoms with Gasteiger partial charge in [-0.3, -0.25) is 14.4 Å².